The molecular weight excluding hydrogens is 264 g/mol. The van der Waals surface area contributed by atoms with E-state index in [0.29, 0.717) is 33.2 Å². The lowest BCUT2D eigenvalue weighted by Gasteiger charge is -2.04. The van der Waals surface area contributed by atoms with Crippen LogP contribution in [0.25, 0.3) is 16.3 Å². The van der Waals surface area contributed by atoms with Crippen molar-refractivity contribution < 1.29 is 9.21 Å². The Morgan fingerprint density at radius 3 is 2.38 bits per heavy atom. The fraction of sp³-hybridized carbons (Fsp3) is 0.111. The van der Waals surface area contributed by atoms with Gasteiger partial charge in [-0.1, -0.05) is 49.4 Å². The molecule has 1 unspecified atom stereocenters. The van der Waals surface area contributed by atoms with E-state index in [4.69, 9.17) is 4.42 Å². The van der Waals surface area contributed by atoms with Gasteiger partial charge >= 0.3 is 5.63 Å². The van der Waals surface area contributed by atoms with Crippen molar-refractivity contribution in [3.05, 3.63) is 75.9 Å². The molecule has 4 rings (SSSR count). The van der Waals surface area contributed by atoms with E-state index in [2.05, 4.69) is 0 Å². The average molecular weight is 276 g/mol. The number of benzene rings is 1. The summed E-state index contributed by atoms with van der Waals surface area (Å²) in [6, 6.07) is 7.08. The van der Waals surface area contributed by atoms with Crippen LogP contribution in [-0.4, -0.2) is 5.78 Å². The normalized spacial score (nSPS) is 19.9. The highest BCUT2D eigenvalue weighted by molar-refractivity contribution is 6.27. The van der Waals surface area contributed by atoms with Gasteiger partial charge in [0.25, 0.3) is 0 Å². The molecule has 2 aliphatic carbocycles. The second-order valence-corrected chi connectivity index (χ2v) is 5.37. The van der Waals surface area contributed by atoms with E-state index >= 15 is 0 Å². The van der Waals surface area contributed by atoms with E-state index in [0.717, 1.165) is 0 Å². The zero-order valence-corrected chi connectivity index (χ0v) is 11.4. The maximum absolute atomic E-state index is 12.7. The Labute approximate surface area is 120 Å². The maximum Gasteiger partial charge on any atom is 0.344 e. The van der Waals surface area contributed by atoms with Crippen LogP contribution in [0.15, 0.2) is 63.4 Å². The fourth-order valence-corrected chi connectivity index (χ4v) is 2.89. The quantitative estimate of drug-likeness (QED) is 0.739. The van der Waals surface area contributed by atoms with Crippen LogP contribution >= 0.6 is 0 Å². The van der Waals surface area contributed by atoms with E-state index in [1.165, 1.54) is 0 Å². The van der Waals surface area contributed by atoms with Crippen LogP contribution in [0.5, 0.6) is 0 Å². The van der Waals surface area contributed by atoms with Crippen molar-refractivity contribution in [3.63, 3.8) is 0 Å². The number of hydrogen-bond donors (Lipinski definition) is 0. The lowest BCUT2D eigenvalue weighted by atomic mass is 10.0. The maximum atomic E-state index is 12.7. The van der Waals surface area contributed by atoms with Crippen LogP contribution in [0.3, 0.4) is 0 Å². The van der Waals surface area contributed by atoms with Crippen LogP contribution in [0.2, 0.25) is 0 Å². The number of hydrogen-bond acceptors (Lipinski definition) is 3. The van der Waals surface area contributed by atoms with Gasteiger partial charge in [0.1, 0.15) is 0 Å². The van der Waals surface area contributed by atoms with Gasteiger partial charge in [0.2, 0.25) is 0 Å². The lowest BCUT2D eigenvalue weighted by molar-refractivity contribution is 0.104. The lowest BCUT2D eigenvalue weighted by Crippen LogP contribution is -2.06. The van der Waals surface area contributed by atoms with Crippen molar-refractivity contribution in [2.24, 2.45) is 5.92 Å². The molecular formula is C18H12O3. The first-order chi connectivity index (χ1) is 10.2. The Morgan fingerprint density at radius 1 is 0.952 bits per heavy atom. The Kier molecular flexibility index (Phi) is 2.39. The molecule has 0 saturated heterocycles. The molecule has 1 atom stereocenters. The molecule has 1 aromatic carbocycles. The summed E-state index contributed by atoms with van der Waals surface area (Å²) in [4.78, 5) is 24.8. The van der Waals surface area contributed by atoms with Crippen molar-refractivity contribution in [2.75, 3.05) is 0 Å². The topological polar surface area (TPSA) is 47.3 Å². The van der Waals surface area contributed by atoms with Crippen molar-refractivity contribution in [1.29, 1.82) is 0 Å². The second-order valence-electron chi connectivity index (χ2n) is 5.37. The second kappa shape index (κ2) is 4.16. The van der Waals surface area contributed by atoms with E-state index in [1.807, 2.05) is 37.3 Å². The van der Waals surface area contributed by atoms with Crippen LogP contribution in [0.4, 0.5) is 0 Å². The Morgan fingerprint density at radius 2 is 1.62 bits per heavy atom. The molecule has 0 fully saturated rings. The van der Waals surface area contributed by atoms with Crippen molar-refractivity contribution >= 4 is 22.1 Å². The standard InChI is InChI=1S/C18H12O3/c1-10-6-8-12-13(9-7-10)17-15(16(12)19)11-4-2-3-5-14(11)18(20)21-17/h2-10H,1H3. The number of ketones is 1. The van der Waals surface area contributed by atoms with E-state index in [9.17, 15) is 9.59 Å². The highest BCUT2D eigenvalue weighted by atomic mass is 16.4. The molecule has 0 spiro atoms. The molecule has 0 saturated carbocycles. The van der Waals surface area contributed by atoms with E-state index in [-0.39, 0.29) is 11.7 Å². The summed E-state index contributed by atoms with van der Waals surface area (Å²) >= 11 is 0. The number of carbonyl (C=O) groups excluding carboxylic acids is 1. The Bertz CT molecular complexity index is 939. The van der Waals surface area contributed by atoms with Gasteiger partial charge in [-0.2, -0.15) is 0 Å². The first kappa shape index (κ1) is 12.1. The summed E-state index contributed by atoms with van der Waals surface area (Å²) in [6.45, 7) is 2.04. The molecule has 0 aliphatic heterocycles. The first-order valence-electron chi connectivity index (χ1n) is 6.88. The average Bonchev–Trinajstić information content (AvgIpc) is 2.62. The molecule has 1 heterocycles. The zero-order chi connectivity index (χ0) is 14.6. The molecule has 3 heteroatoms. The highest BCUT2D eigenvalue weighted by Gasteiger charge is 2.32. The number of rotatable bonds is 0. The monoisotopic (exact) mass is 276 g/mol. The predicted molar refractivity (Wildman–Crippen MR) is 81.2 cm³/mol. The SMILES string of the molecule is CC1C=CC2=C(C=C1)c1oc(=O)c3ccccc3c1C2=O. The first-order valence-corrected chi connectivity index (χ1v) is 6.88. The summed E-state index contributed by atoms with van der Waals surface area (Å²) < 4.78 is 5.44. The van der Waals surface area contributed by atoms with Gasteiger partial charge in [0.05, 0.1) is 10.9 Å². The molecule has 2 aromatic rings. The number of fused-ring (bicyclic) bond motifs is 4. The van der Waals surface area contributed by atoms with Crippen LogP contribution in [-0.2, 0) is 0 Å². The van der Waals surface area contributed by atoms with E-state index < -0.39 is 5.63 Å². The van der Waals surface area contributed by atoms with Gasteiger partial charge in [-0.05, 0) is 12.0 Å². The van der Waals surface area contributed by atoms with Crippen LogP contribution < -0.4 is 5.63 Å². The van der Waals surface area contributed by atoms with Crippen molar-refractivity contribution in [1.82, 2.24) is 0 Å². The number of allylic oxidation sites excluding steroid dienone is 6. The summed E-state index contributed by atoms with van der Waals surface area (Å²) in [7, 11) is 0. The number of Topliss-reactive ketones (excluding diaryl/α,β-unsaturated/α-hetero) is 1. The molecule has 0 amide bonds. The highest BCUT2D eigenvalue weighted by Crippen LogP contribution is 2.38. The third kappa shape index (κ3) is 1.61. The largest absolute Gasteiger partial charge is 0.421 e. The molecule has 0 radical (unpaired) electrons. The molecule has 21 heavy (non-hydrogen) atoms. The van der Waals surface area contributed by atoms with Crippen molar-refractivity contribution in [3.8, 4) is 0 Å². The molecule has 0 bridgehead atoms. The van der Waals surface area contributed by atoms with Gasteiger partial charge < -0.3 is 4.42 Å². The summed E-state index contributed by atoms with van der Waals surface area (Å²) in [5.74, 6) is 0.572. The third-order valence-electron chi connectivity index (χ3n) is 3.98. The Hall–Kier alpha value is -2.68. The summed E-state index contributed by atoms with van der Waals surface area (Å²) in [6.07, 6.45) is 7.68. The van der Waals surface area contributed by atoms with Crippen LogP contribution in [0.1, 0.15) is 23.0 Å². The van der Waals surface area contributed by atoms with Crippen LogP contribution in [0, 0.1) is 5.92 Å². The minimum absolute atomic E-state index is 0.0741. The van der Waals surface area contributed by atoms with Crippen molar-refractivity contribution in [2.45, 2.75) is 6.92 Å². The van der Waals surface area contributed by atoms with Gasteiger partial charge in [-0.3, -0.25) is 4.79 Å². The third-order valence-corrected chi connectivity index (χ3v) is 3.98. The molecule has 1 aromatic heterocycles. The Balaban J connectivity index is 2.10. The molecule has 2 aliphatic rings. The minimum Gasteiger partial charge on any atom is -0.421 e. The van der Waals surface area contributed by atoms with Gasteiger partial charge in [-0.25, -0.2) is 4.79 Å². The minimum atomic E-state index is -0.402. The van der Waals surface area contributed by atoms with E-state index in [1.54, 1.807) is 18.2 Å². The number of carbonyl (C=O) groups is 1. The predicted octanol–water partition coefficient (Wildman–Crippen LogP) is 3.51. The summed E-state index contributed by atoms with van der Waals surface area (Å²) in [5, 5.41) is 1.11. The van der Waals surface area contributed by atoms with Gasteiger partial charge in [-0.15, -0.1) is 0 Å². The van der Waals surface area contributed by atoms with Gasteiger partial charge in [0.15, 0.2) is 11.5 Å². The molecule has 0 N–H and O–H groups in total. The fourth-order valence-electron chi connectivity index (χ4n) is 2.89. The summed E-state index contributed by atoms with van der Waals surface area (Å²) in [5.41, 5.74) is 1.41. The smallest absolute Gasteiger partial charge is 0.344 e. The van der Waals surface area contributed by atoms with Gasteiger partial charge in [0, 0.05) is 16.5 Å². The molecule has 102 valence electrons. The molecule has 3 nitrogen and oxygen atoms in total. The zero-order valence-electron chi connectivity index (χ0n) is 11.4.